The summed E-state index contributed by atoms with van der Waals surface area (Å²) in [7, 11) is 0. The highest BCUT2D eigenvalue weighted by Crippen LogP contribution is 2.31. The molecule has 0 saturated heterocycles. The summed E-state index contributed by atoms with van der Waals surface area (Å²) in [5.41, 5.74) is 3.26. The molecule has 1 aromatic heterocycles. The fourth-order valence-corrected chi connectivity index (χ4v) is 2.61. The summed E-state index contributed by atoms with van der Waals surface area (Å²) < 4.78 is 5.12. The number of nitrogens with one attached hydrogen (secondary N) is 2. The van der Waals surface area contributed by atoms with Gasteiger partial charge in [0.1, 0.15) is 5.69 Å². The summed E-state index contributed by atoms with van der Waals surface area (Å²) in [5.74, 6) is -0.554. The molecule has 0 unspecified atom stereocenters. The molecule has 1 heterocycles. The van der Waals surface area contributed by atoms with Crippen LogP contribution in [0.3, 0.4) is 0 Å². The number of ether oxygens (including phenoxy) is 1. The number of hydrogen-bond donors (Lipinski definition) is 2. The summed E-state index contributed by atoms with van der Waals surface area (Å²) >= 11 is 0. The van der Waals surface area contributed by atoms with Crippen LogP contribution in [0.1, 0.15) is 29.9 Å². The number of nitrogens with zero attached hydrogens (tertiary/aromatic N) is 1. The van der Waals surface area contributed by atoms with Gasteiger partial charge < -0.3 is 15.0 Å². The zero-order chi connectivity index (χ0) is 18.5. The molecule has 0 aliphatic rings. The van der Waals surface area contributed by atoms with Gasteiger partial charge in [-0.25, -0.2) is 4.79 Å². The molecule has 0 spiro atoms. The van der Waals surface area contributed by atoms with Gasteiger partial charge in [-0.05, 0) is 30.7 Å². The first-order chi connectivity index (χ1) is 12.6. The van der Waals surface area contributed by atoms with Crippen molar-refractivity contribution in [2.24, 2.45) is 4.99 Å². The minimum absolute atomic E-state index is 0.121. The van der Waals surface area contributed by atoms with Crippen LogP contribution in [-0.4, -0.2) is 29.7 Å². The van der Waals surface area contributed by atoms with E-state index in [2.05, 4.69) is 15.3 Å². The molecule has 0 saturated carbocycles. The van der Waals surface area contributed by atoms with Gasteiger partial charge in [-0.2, -0.15) is 0 Å². The molecule has 132 valence electrons. The number of aromatic amines is 1. The normalized spacial score (nSPS) is 11.0. The molecule has 0 fully saturated rings. The van der Waals surface area contributed by atoms with Gasteiger partial charge >= 0.3 is 5.97 Å². The summed E-state index contributed by atoms with van der Waals surface area (Å²) in [6.45, 7) is 3.52. The Bertz CT molecular complexity index is 972. The van der Waals surface area contributed by atoms with Crippen molar-refractivity contribution >= 4 is 40.4 Å². The predicted octanol–water partition coefficient (Wildman–Crippen LogP) is 4.05. The van der Waals surface area contributed by atoms with Crippen molar-refractivity contribution < 1.29 is 14.3 Å². The Morgan fingerprint density at radius 2 is 1.88 bits per heavy atom. The molecule has 6 heteroatoms. The minimum atomic E-state index is -0.433. The van der Waals surface area contributed by atoms with Gasteiger partial charge in [0.15, 0.2) is 5.69 Å². The van der Waals surface area contributed by atoms with E-state index in [-0.39, 0.29) is 5.91 Å². The number of benzene rings is 2. The van der Waals surface area contributed by atoms with Gasteiger partial charge in [-0.3, -0.25) is 9.79 Å². The number of carbonyl (C=O) groups excluding carboxylic acids is 2. The zero-order valence-corrected chi connectivity index (χ0v) is 14.6. The fraction of sp³-hybridized carbons (Fsp3) is 0.150. The third-order valence-corrected chi connectivity index (χ3v) is 3.73. The highest BCUT2D eigenvalue weighted by molar-refractivity contribution is 6.06. The Morgan fingerprint density at radius 1 is 1.15 bits per heavy atom. The maximum atomic E-state index is 12.2. The van der Waals surface area contributed by atoms with Crippen molar-refractivity contribution in [2.75, 3.05) is 11.9 Å². The molecule has 3 aromatic rings. The first kappa shape index (κ1) is 17.4. The number of carbonyl (C=O) groups is 2. The van der Waals surface area contributed by atoms with Crippen molar-refractivity contribution in [3.05, 3.63) is 59.8 Å². The molecular weight excluding hydrogens is 330 g/mol. The molecule has 2 N–H and O–H groups in total. The van der Waals surface area contributed by atoms with Gasteiger partial charge in [0.05, 0.1) is 6.61 Å². The van der Waals surface area contributed by atoms with Crippen molar-refractivity contribution in [1.82, 2.24) is 4.98 Å². The van der Waals surface area contributed by atoms with Gasteiger partial charge in [-0.1, -0.05) is 30.3 Å². The minimum Gasteiger partial charge on any atom is -0.461 e. The van der Waals surface area contributed by atoms with Crippen LogP contribution in [0.5, 0.6) is 0 Å². The molecule has 0 bridgehead atoms. The van der Waals surface area contributed by atoms with Crippen molar-refractivity contribution in [2.45, 2.75) is 13.8 Å². The number of aromatic nitrogens is 1. The number of aliphatic imine (C=N–C) groups is 1. The first-order valence-corrected chi connectivity index (χ1v) is 8.28. The van der Waals surface area contributed by atoms with Crippen LogP contribution < -0.4 is 5.32 Å². The van der Waals surface area contributed by atoms with E-state index >= 15 is 0 Å². The van der Waals surface area contributed by atoms with Crippen LogP contribution in [0.4, 0.5) is 11.4 Å². The van der Waals surface area contributed by atoms with Crippen molar-refractivity contribution in [1.29, 1.82) is 0 Å². The number of H-pyrrole nitrogens is 1. The second-order valence-electron chi connectivity index (χ2n) is 5.68. The maximum Gasteiger partial charge on any atom is 0.357 e. The van der Waals surface area contributed by atoms with Gasteiger partial charge in [0.2, 0.25) is 5.91 Å². The van der Waals surface area contributed by atoms with E-state index in [1.54, 1.807) is 25.3 Å². The second-order valence-corrected chi connectivity index (χ2v) is 5.68. The lowest BCUT2D eigenvalue weighted by atomic mass is 10.2. The molecular formula is C20H19N3O3. The Morgan fingerprint density at radius 3 is 2.58 bits per heavy atom. The second kappa shape index (κ2) is 7.65. The molecule has 6 nitrogen and oxygen atoms in total. The SMILES string of the molecule is CCOC(=O)c1[nH]c2ccccc2c1N=Cc1ccc(NC(C)=O)cc1. The van der Waals surface area contributed by atoms with E-state index in [0.717, 1.165) is 16.5 Å². The summed E-state index contributed by atoms with van der Waals surface area (Å²) in [5, 5.41) is 3.56. The van der Waals surface area contributed by atoms with Crippen LogP contribution in [0.15, 0.2) is 53.5 Å². The number of fused-ring (bicyclic) bond motifs is 1. The summed E-state index contributed by atoms with van der Waals surface area (Å²) in [6, 6.07) is 14.9. The first-order valence-electron chi connectivity index (χ1n) is 8.28. The average molecular weight is 349 g/mol. The van der Waals surface area contributed by atoms with Gasteiger partial charge in [0, 0.05) is 29.7 Å². The fourth-order valence-electron chi connectivity index (χ4n) is 2.61. The number of esters is 1. The van der Waals surface area contributed by atoms with Crippen LogP contribution in [0.25, 0.3) is 10.9 Å². The Labute approximate surface area is 150 Å². The van der Waals surface area contributed by atoms with E-state index in [9.17, 15) is 9.59 Å². The number of rotatable bonds is 5. The third kappa shape index (κ3) is 3.80. The van der Waals surface area contributed by atoms with E-state index < -0.39 is 5.97 Å². The topological polar surface area (TPSA) is 83.6 Å². The molecule has 2 aromatic carbocycles. The lowest BCUT2D eigenvalue weighted by Crippen LogP contribution is -2.05. The van der Waals surface area contributed by atoms with Crippen molar-refractivity contribution in [3.63, 3.8) is 0 Å². The molecule has 0 radical (unpaired) electrons. The number of anilines is 1. The lowest BCUT2D eigenvalue weighted by molar-refractivity contribution is -0.114. The molecule has 3 rings (SSSR count). The Balaban J connectivity index is 1.94. The van der Waals surface area contributed by atoms with Crippen LogP contribution in [0.2, 0.25) is 0 Å². The molecule has 0 aliphatic heterocycles. The van der Waals surface area contributed by atoms with E-state index in [4.69, 9.17) is 4.74 Å². The summed E-state index contributed by atoms with van der Waals surface area (Å²) in [4.78, 5) is 30.9. The zero-order valence-electron chi connectivity index (χ0n) is 14.6. The van der Waals surface area contributed by atoms with E-state index in [0.29, 0.717) is 23.7 Å². The maximum absolute atomic E-state index is 12.2. The third-order valence-electron chi connectivity index (χ3n) is 3.73. The predicted molar refractivity (Wildman–Crippen MR) is 102 cm³/mol. The summed E-state index contributed by atoms with van der Waals surface area (Å²) in [6.07, 6.45) is 1.68. The monoisotopic (exact) mass is 349 g/mol. The molecule has 0 aliphatic carbocycles. The lowest BCUT2D eigenvalue weighted by Gasteiger charge is -2.02. The molecule has 1 amide bonds. The Hall–Kier alpha value is -3.41. The van der Waals surface area contributed by atoms with E-state index in [1.807, 2.05) is 36.4 Å². The number of amides is 1. The van der Waals surface area contributed by atoms with Crippen LogP contribution >= 0.6 is 0 Å². The Kier molecular flexibility index (Phi) is 5.12. The van der Waals surface area contributed by atoms with Gasteiger partial charge in [0.25, 0.3) is 0 Å². The van der Waals surface area contributed by atoms with E-state index in [1.165, 1.54) is 6.92 Å². The largest absolute Gasteiger partial charge is 0.461 e. The smallest absolute Gasteiger partial charge is 0.357 e. The quantitative estimate of drug-likeness (QED) is 0.538. The molecule has 0 atom stereocenters. The number of hydrogen-bond acceptors (Lipinski definition) is 4. The standard InChI is InChI=1S/C20H19N3O3/c1-3-26-20(25)19-18(16-6-4-5-7-17(16)23-19)21-12-14-8-10-15(11-9-14)22-13(2)24/h4-12,23H,3H2,1-2H3,(H,22,24). The average Bonchev–Trinajstić information content (AvgIpc) is 3.00. The van der Waals surface area contributed by atoms with Crippen molar-refractivity contribution in [3.8, 4) is 0 Å². The van der Waals surface area contributed by atoms with Crippen LogP contribution in [0, 0.1) is 0 Å². The van der Waals surface area contributed by atoms with Crippen LogP contribution in [-0.2, 0) is 9.53 Å². The number of para-hydroxylation sites is 1. The van der Waals surface area contributed by atoms with Gasteiger partial charge in [-0.15, -0.1) is 0 Å². The highest BCUT2D eigenvalue weighted by Gasteiger charge is 2.18. The highest BCUT2D eigenvalue weighted by atomic mass is 16.5. The molecule has 26 heavy (non-hydrogen) atoms.